The minimum Gasteiger partial charge on any atom is -0.494 e. The van der Waals surface area contributed by atoms with E-state index in [1.807, 2.05) is 74.1 Å². The summed E-state index contributed by atoms with van der Waals surface area (Å²) in [6.07, 6.45) is 3.43. The highest BCUT2D eigenvalue weighted by Crippen LogP contribution is 2.27. The molecule has 1 aliphatic rings. The Kier molecular flexibility index (Phi) is 9.51. The topological polar surface area (TPSA) is 78.2 Å². The fourth-order valence-corrected chi connectivity index (χ4v) is 5.58. The average Bonchev–Trinajstić information content (AvgIpc) is 3.46. The predicted molar refractivity (Wildman–Crippen MR) is 156 cm³/mol. The Labute approximate surface area is 231 Å². The monoisotopic (exact) mass is 534 g/mol. The predicted octanol–water partition coefficient (Wildman–Crippen LogP) is 4.66. The first kappa shape index (κ1) is 28.5. The normalized spacial score (nSPS) is 15.5. The van der Waals surface area contributed by atoms with Crippen molar-refractivity contribution in [3.05, 3.63) is 59.8 Å². The molecule has 2 heterocycles. The van der Waals surface area contributed by atoms with Crippen LogP contribution in [0.3, 0.4) is 0 Å². The summed E-state index contributed by atoms with van der Waals surface area (Å²) in [5, 5.41) is 10.3. The number of carboxylic acids is 1. The Balaban J connectivity index is 1.34. The van der Waals surface area contributed by atoms with Gasteiger partial charge in [0.2, 0.25) is 0 Å². The number of carbonyl (C=O) groups excluding carboxylic acids is 1. The van der Waals surface area contributed by atoms with Crippen molar-refractivity contribution in [1.82, 2.24) is 14.4 Å². The number of anilines is 1. The van der Waals surface area contributed by atoms with E-state index < -0.39 is 5.97 Å². The minimum atomic E-state index is -0.952. The molecule has 1 amide bonds. The van der Waals surface area contributed by atoms with Crippen LogP contribution >= 0.6 is 0 Å². The molecule has 3 aromatic rings. The van der Waals surface area contributed by atoms with E-state index in [1.54, 1.807) is 4.90 Å². The number of ether oxygens (including phenoxy) is 1. The van der Waals surface area contributed by atoms with Crippen molar-refractivity contribution in [3.63, 3.8) is 0 Å². The highest BCUT2D eigenvalue weighted by atomic mass is 16.5. The molecule has 0 spiro atoms. The van der Waals surface area contributed by atoms with Crippen LogP contribution in [0.1, 0.15) is 49.2 Å². The summed E-state index contributed by atoms with van der Waals surface area (Å²) in [7, 11) is 3.84. The van der Waals surface area contributed by atoms with Crippen molar-refractivity contribution >= 4 is 28.5 Å². The van der Waals surface area contributed by atoms with Crippen molar-refractivity contribution in [2.24, 2.45) is 7.05 Å². The first-order chi connectivity index (χ1) is 18.8. The molecule has 8 nitrogen and oxygen atoms in total. The number of amides is 1. The lowest BCUT2D eigenvalue weighted by atomic mass is 10.1. The van der Waals surface area contributed by atoms with Crippen LogP contribution in [0.25, 0.3) is 10.9 Å². The van der Waals surface area contributed by atoms with Gasteiger partial charge >= 0.3 is 5.97 Å². The molecular formula is C31H42N4O4. The maximum Gasteiger partial charge on any atom is 0.309 e. The van der Waals surface area contributed by atoms with Gasteiger partial charge in [-0.25, -0.2) is 0 Å². The third-order valence-corrected chi connectivity index (χ3v) is 7.96. The van der Waals surface area contributed by atoms with Gasteiger partial charge in [-0.3, -0.25) is 9.59 Å². The van der Waals surface area contributed by atoms with E-state index in [9.17, 15) is 14.7 Å². The summed E-state index contributed by atoms with van der Waals surface area (Å²) >= 11 is 0. The van der Waals surface area contributed by atoms with Gasteiger partial charge in [-0.1, -0.05) is 18.2 Å². The van der Waals surface area contributed by atoms with E-state index in [2.05, 4.69) is 16.7 Å². The van der Waals surface area contributed by atoms with E-state index in [0.717, 1.165) is 35.3 Å². The fraction of sp³-hybridized carbons (Fsp3) is 0.484. The molecule has 4 rings (SSSR count). The third kappa shape index (κ3) is 6.74. The second kappa shape index (κ2) is 13.0. The van der Waals surface area contributed by atoms with Crippen LogP contribution in [0.5, 0.6) is 5.75 Å². The number of aromatic nitrogens is 1. The molecule has 1 aliphatic heterocycles. The number of rotatable bonds is 13. The number of nitrogens with zero attached hydrogens (tertiary/aromatic N) is 4. The fourth-order valence-electron chi connectivity index (χ4n) is 5.58. The van der Waals surface area contributed by atoms with Gasteiger partial charge in [-0.2, -0.15) is 0 Å². The first-order valence-corrected chi connectivity index (χ1v) is 14.1. The van der Waals surface area contributed by atoms with Gasteiger partial charge in [-0.05, 0) is 70.0 Å². The van der Waals surface area contributed by atoms with Crippen LogP contribution in [-0.2, 0) is 18.3 Å². The van der Waals surface area contributed by atoms with E-state index in [1.165, 1.54) is 19.4 Å². The quantitative estimate of drug-likeness (QED) is 0.322. The molecule has 1 aromatic heterocycles. The van der Waals surface area contributed by atoms with E-state index in [0.29, 0.717) is 43.5 Å². The Morgan fingerprint density at radius 3 is 2.51 bits per heavy atom. The molecule has 0 saturated carbocycles. The summed E-state index contributed by atoms with van der Waals surface area (Å²) < 4.78 is 7.79. The summed E-state index contributed by atoms with van der Waals surface area (Å²) in [6, 6.07) is 16.4. The van der Waals surface area contributed by atoms with Gasteiger partial charge < -0.3 is 29.1 Å². The number of benzene rings is 2. The van der Waals surface area contributed by atoms with E-state index in [-0.39, 0.29) is 12.3 Å². The molecule has 0 aliphatic carbocycles. The molecule has 1 unspecified atom stereocenters. The molecule has 1 N–H and O–H groups in total. The standard InChI is InChI=1S/C31H42N4O4/c1-5-34(31(38)30-26-11-6-7-12-27(26)33(4)28(30)22-29(36)37)20-19-32(3)24-13-15-25(16-14-24)39-21-9-18-35-17-8-10-23(35)2/h6-7,11-16,23H,5,8-10,17-22H2,1-4H3,(H,36,37). The highest BCUT2D eigenvalue weighted by molar-refractivity contribution is 6.09. The number of aliphatic carboxylic acids is 1. The third-order valence-electron chi connectivity index (χ3n) is 7.96. The van der Waals surface area contributed by atoms with E-state index >= 15 is 0 Å². The number of hydrogen-bond donors (Lipinski definition) is 1. The number of carboxylic acid groups (broad SMARTS) is 1. The summed E-state index contributed by atoms with van der Waals surface area (Å²) in [4.78, 5) is 31.8. The number of likely N-dealkylation sites (tertiary alicyclic amines) is 1. The zero-order valence-corrected chi connectivity index (χ0v) is 23.7. The number of likely N-dealkylation sites (N-methyl/N-ethyl adjacent to an activating group) is 2. The van der Waals surface area contributed by atoms with Crippen LogP contribution in [0.2, 0.25) is 0 Å². The van der Waals surface area contributed by atoms with Gasteiger partial charge in [0.1, 0.15) is 5.75 Å². The zero-order valence-electron chi connectivity index (χ0n) is 23.7. The number of hydrogen-bond acceptors (Lipinski definition) is 5. The second-order valence-electron chi connectivity index (χ2n) is 10.5. The van der Waals surface area contributed by atoms with Gasteiger partial charge in [0.25, 0.3) is 5.91 Å². The molecule has 0 radical (unpaired) electrons. The first-order valence-electron chi connectivity index (χ1n) is 14.1. The lowest BCUT2D eigenvalue weighted by Gasteiger charge is -2.26. The average molecular weight is 535 g/mol. The molecule has 1 atom stereocenters. The lowest BCUT2D eigenvalue weighted by molar-refractivity contribution is -0.136. The Morgan fingerprint density at radius 1 is 1.10 bits per heavy atom. The second-order valence-corrected chi connectivity index (χ2v) is 10.5. The smallest absolute Gasteiger partial charge is 0.309 e. The van der Waals surface area contributed by atoms with Gasteiger partial charge in [0, 0.05) is 68.6 Å². The van der Waals surface area contributed by atoms with Crippen molar-refractivity contribution in [2.45, 2.75) is 45.6 Å². The van der Waals surface area contributed by atoms with Crippen LogP contribution < -0.4 is 9.64 Å². The SMILES string of the molecule is CCN(CCN(C)c1ccc(OCCCN2CCCC2C)cc1)C(=O)c1c(CC(=O)O)n(C)c2ccccc12. The summed E-state index contributed by atoms with van der Waals surface area (Å²) in [5.41, 5.74) is 2.93. The molecule has 39 heavy (non-hydrogen) atoms. The largest absolute Gasteiger partial charge is 0.494 e. The molecular weight excluding hydrogens is 492 g/mol. The summed E-state index contributed by atoms with van der Waals surface area (Å²) in [5.74, 6) is -0.216. The number of para-hydroxylation sites is 1. The van der Waals surface area contributed by atoms with Crippen LogP contribution in [0, 0.1) is 0 Å². The van der Waals surface area contributed by atoms with Gasteiger partial charge in [-0.15, -0.1) is 0 Å². The Morgan fingerprint density at radius 2 is 1.85 bits per heavy atom. The van der Waals surface area contributed by atoms with Crippen LogP contribution in [0.15, 0.2) is 48.5 Å². The zero-order chi connectivity index (χ0) is 27.9. The van der Waals surface area contributed by atoms with Crippen molar-refractivity contribution in [3.8, 4) is 5.75 Å². The van der Waals surface area contributed by atoms with Crippen molar-refractivity contribution < 1.29 is 19.4 Å². The van der Waals surface area contributed by atoms with Crippen molar-refractivity contribution in [1.29, 1.82) is 0 Å². The maximum atomic E-state index is 13.7. The lowest BCUT2D eigenvalue weighted by Crippen LogP contribution is -2.38. The Bertz CT molecular complexity index is 1270. The molecule has 1 fully saturated rings. The Hall–Kier alpha value is -3.52. The molecule has 210 valence electrons. The number of carbonyl (C=O) groups is 2. The van der Waals surface area contributed by atoms with Crippen molar-refractivity contribution in [2.75, 3.05) is 51.3 Å². The van der Waals surface area contributed by atoms with Crippen LogP contribution in [-0.4, -0.2) is 83.8 Å². The maximum absolute atomic E-state index is 13.7. The molecule has 0 bridgehead atoms. The molecule has 2 aromatic carbocycles. The van der Waals surface area contributed by atoms with Gasteiger partial charge in [0.05, 0.1) is 18.6 Å². The minimum absolute atomic E-state index is 0.133. The number of aryl methyl sites for hydroxylation is 1. The molecule has 8 heteroatoms. The van der Waals surface area contributed by atoms with E-state index in [4.69, 9.17) is 4.74 Å². The van der Waals surface area contributed by atoms with Crippen LogP contribution in [0.4, 0.5) is 5.69 Å². The number of fused-ring (bicyclic) bond motifs is 1. The molecule has 1 saturated heterocycles. The summed E-state index contributed by atoms with van der Waals surface area (Å²) in [6.45, 7) is 8.96. The van der Waals surface area contributed by atoms with Gasteiger partial charge in [0.15, 0.2) is 0 Å². The highest BCUT2D eigenvalue weighted by Gasteiger charge is 2.26.